The van der Waals surface area contributed by atoms with Gasteiger partial charge in [-0.3, -0.25) is 4.79 Å². The van der Waals surface area contributed by atoms with Crippen molar-refractivity contribution in [2.24, 2.45) is 11.7 Å². The van der Waals surface area contributed by atoms with Gasteiger partial charge in [-0.2, -0.15) is 0 Å². The maximum absolute atomic E-state index is 13.1. The Morgan fingerprint density at radius 3 is 2.68 bits per heavy atom. The molecule has 0 saturated carbocycles. The number of hydrogen-bond donors (Lipinski definition) is 1. The summed E-state index contributed by atoms with van der Waals surface area (Å²) in [5, 5.41) is 2.78. The zero-order valence-electron chi connectivity index (χ0n) is 16.3. The first-order chi connectivity index (χ1) is 13.6. The molecule has 1 saturated heterocycles. The second-order valence-corrected chi connectivity index (χ2v) is 8.44. The zero-order chi connectivity index (χ0) is 19.7. The summed E-state index contributed by atoms with van der Waals surface area (Å²) >= 11 is 1.53. The van der Waals surface area contributed by atoms with Crippen LogP contribution in [-0.4, -0.2) is 35.4 Å². The fourth-order valence-electron chi connectivity index (χ4n) is 4.07. The maximum Gasteiger partial charge on any atom is 0.273 e. The number of carbonyl (C=O) groups is 1. The lowest BCUT2D eigenvalue weighted by atomic mass is 9.89. The monoisotopic (exact) mass is 391 g/mol. The zero-order valence-corrected chi connectivity index (χ0v) is 17.1. The van der Waals surface area contributed by atoms with E-state index in [0.717, 1.165) is 10.6 Å². The topological polar surface area (TPSA) is 59.2 Å². The second kappa shape index (κ2) is 7.86. The summed E-state index contributed by atoms with van der Waals surface area (Å²) in [7, 11) is 0. The smallest absolute Gasteiger partial charge is 0.273 e. The molecule has 1 aromatic heterocycles. The van der Waals surface area contributed by atoms with Crippen LogP contribution in [-0.2, 0) is 0 Å². The van der Waals surface area contributed by atoms with Gasteiger partial charge in [0.1, 0.15) is 10.7 Å². The van der Waals surface area contributed by atoms with Crippen LogP contribution >= 0.6 is 11.3 Å². The van der Waals surface area contributed by atoms with Crippen LogP contribution in [0.15, 0.2) is 53.9 Å². The predicted molar refractivity (Wildman–Crippen MR) is 115 cm³/mol. The Labute approximate surface area is 170 Å². The Hall–Kier alpha value is -2.50. The van der Waals surface area contributed by atoms with Gasteiger partial charge in [-0.05, 0) is 37.4 Å². The Balaban J connectivity index is 1.55. The Kier molecular flexibility index (Phi) is 5.29. The summed E-state index contributed by atoms with van der Waals surface area (Å²) in [5.74, 6) is 0.570. The summed E-state index contributed by atoms with van der Waals surface area (Å²) in [6.07, 6.45) is 0. The molecule has 0 aliphatic carbocycles. The van der Waals surface area contributed by atoms with E-state index in [1.165, 1.54) is 28.0 Å². The Morgan fingerprint density at radius 2 is 1.96 bits per heavy atom. The lowest BCUT2D eigenvalue weighted by molar-refractivity contribution is 0.0781. The highest BCUT2D eigenvalue weighted by atomic mass is 32.1. The molecule has 2 N–H and O–H groups in total. The Bertz CT molecular complexity index is 983. The first-order valence-electron chi connectivity index (χ1n) is 9.64. The molecule has 1 amide bonds. The van der Waals surface area contributed by atoms with Crippen LogP contribution in [0, 0.1) is 19.8 Å². The highest BCUT2D eigenvalue weighted by Crippen LogP contribution is 2.34. The van der Waals surface area contributed by atoms with Gasteiger partial charge in [-0.15, -0.1) is 11.3 Å². The van der Waals surface area contributed by atoms with E-state index in [-0.39, 0.29) is 17.7 Å². The number of carbonyl (C=O) groups excluding carboxylic acids is 1. The molecule has 5 heteroatoms. The third-order valence-corrected chi connectivity index (χ3v) is 6.47. The lowest BCUT2D eigenvalue weighted by Crippen LogP contribution is -2.30. The van der Waals surface area contributed by atoms with Crippen molar-refractivity contribution >= 4 is 17.2 Å². The van der Waals surface area contributed by atoms with Gasteiger partial charge in [0.05, 0.1) is 0 Å². The summed E-state index contributed by atoms with van der Waals surface area (Å²) in [6.45, 7) is 6.13. The number of likely N-dealkylation sites (tertiary alicyclic amines) is 1. The van der Waals surface area contributed by atoms with Crippen LogP contribution in [0.2, 0.25) is 0 Å². The largest absolute Gasteiger partial charge is 0.336 e. The second-order valence-electron chi connectivity index (χ2n) is 7.58. The molecule has 0 spiro atoms. The highest BCUT2D eigenvalue weighted by molar-refractivity contribution is 7.13. The molecule has 1 aliphatic heterocycles. The van der Waals surface area contributed by atoms with Crippen molar-refractivity contribution in [2.75, 3.05) is 19.6 Å². The standard InChI is InChI=1S/C23H25N3OS/c1-15-8-9-19(16(2)10-15)22-25-21(14-28-22)23(27)26-12-18(11-24)20(13-26)17-6-4-3-5-7-17/h3-10,14,18,20H,11-13,24H2,1-2H3/t18-,20+/m1/s1. The van der Waals surface area contributed by atoms with Crippen molar-refractivity contribution in [1.29, 1.82) is 0 Å². The quantitative estimate of drug-likeness (QED) is 0.724. The van der Waals surface area contributed by atoms with Crippen LogP contribution in [0.4, 0.5) is 0 Å². The first-order valence-corrected chi connectivity index (χ1v) is 10.5. The molecular weight excluding hydrogens is 366 g/mol. The summed E-state index contributed by atoms with van der Waals surface area (Å²) < 4.78 is 0. The molecule has 3 aromatic rings. The number of aryl methyl sites for hydroxylation is 2. The van der Waals surface area contributed by atoms with Crippen molar-refractivity contribution in [1.82, 2.24) is 9.88 Å². The van der Waals surface area contributed by atoms with E-state index < -0.39 is 0 Å². The minimum Gasteiger partial charge on any atom is -0.336 e. The fraction of sp³-hybridized carbons (Fsp3) is 0.304. The molecule has 0 bridgehead atoms. The number of hydrogen-bond acceptors (Lipinski definition) is 4. The molecule has 0 radical (unpaired) electrons. The molecule has 2 atom stereocenters. The van der Waals surface area contributed by atoms with E-state index in [1.54, 1.807) is 0 Å². The third-order valence-electron chi connectivity index (χ3n) is 5.59. The Morgan fingerprint density at radius 1 is 1.18 bits per heavy atom. The van der Waals surface area contributed by atoms with Crippen LogP contribution in [0.3, 0.4) is 0 Å². The fourth-order valence-corrected chi connectivity index (χ4v) is 4.95. The van der Waals surface area contributed by atoms with Gasteiger partial charge >= 0.3 is 0 Å². The molecule has 144 valence electrons. The lowest BCUT2D eigenvalue weighted by Gasteiger charge is -2.16. The van der Waals surface area contributed by atoms with Gasteiger partial charge in [0.2, 0.25) is 0 Å². The average Bonchev–Trinajstić information content (AvgIpc) is 3.35. The maximum atomic E-state index is 13.1. The van der Waals surface area contributed by atoms with Crippen LogP contribution in [0.1, 0.15) is 33.1 Å². The van der Waals surface area contributed by atoms with Crippen molar-refractivity contribution in [3.63, 3.8) is 0 Å². The average molecular weight is 392 g/mol. The van der Waals surface area contributed by atoms with Crippen molar-refractivity contribution in [2.45, 2.75) is 19.8 Å². The first kappa shape index (κ1) is 18.8. The molecule has 28 heavy (non-hydrogen) atoms. The molecule has 4 rings (SSSR count). The summed E-state index contributed by atoms with van der Waals surface area (Å²) in [6, 6.07) is 16.7. The van der Waals surface area contributed by atoms with Crippen LogP contribution in [0.25, 0.3) is 10.6 Å². The number of benzene rings is 2. The van der Waals surface area contributed by atoms with Crippen molar-refractivity contribution in [3.8, 4) is 10.6 Å². The van der Waals surface area contributed by atoms with E-state index in [1.807, 2.05) is 28.5 Å². The van der Waals surface area contributed by atoms with Gasteiger partial charge < -0.3 is 10.6 Å². The van der Waals surface area contributed by atoms with Crippen LogP contribution in [0.5, 0.6) is 0 Å². The molecule has 1 aliphatic rings. The van der Waals surface area contributed by atoms with Gasteiger partial charge in [-0.25, -0.2) is 4.98 Å². The van der Waals surface area contributed by atoms with Gasteiger partial charge in [-0.1, -0.05) is 54.1 Å². The third kappa shape index (κ3) is 3.60. The number of aromatic nitrogens is 1. The van der Waals surface area contributed by atoms with E-state index in [9.17, 15) is 4.79 Å². The van der Waals surface area contributed by atoms with Gasteiger partial charge in [0, 0.05) is 30.0 Å². The SMILES string of the molecule is Cc1ccc(-c2nc(C(=O)N3C[C@@H](CN)[C@H](c4ccccc4)C3)cs2)c(C)c1. The number of amides is 1. The molecule has 2 aromatic carbocycles. The van der Waals surface area contributed by atoms with E-state index in [2.05, 4.69) is 49.2 Å². The van der Waals surface area contributed by atoms with Crippen molar-refractivity contribution < 1.29 is 4.79 Å². The number of nitrogens with zero attached hydrogens (tertiary/aromatic N) is 2. The highest BCUT2D eigenvalue weighted by Gasteiger charge is 2.36. The molecule has 2 heterocycles. The molecular formula is C23H25N3OS. The summed E-state index contributed by atoms with van der Waals surface area (Å²) in [4.78, 5) is 19.7. The van der Waals surface area contributed by atoms with Gasteiger partial charge in [0.15, 0.2) is 0 Å². The minimum absolute atomic E-state index is 0.00384. The van der Waals surface area contributed by atoms with E-state index in [4.69, 9.17) is 5.73 Å². The number of nitrogens with two attached hydrogens (primary N) is 1. The van der Waals surface area contributed by atoms with Crippen LogP contribution < -0.4 is 5.73 Å². The normalized spacial score (nSPS) is 19.2. The van der Waals surface area contributed by atoms with Gasteiger partial charge in [0.25, 0.3) is 5.91 Å². The predicted octanol–water partition coefficient (Wildman–Crippen LogP) is 4.24. The summed E-state index contributed by atoms with van der Waals surface area (Å²) in [5.41, 5.74) is 11.3. The molecule has 0 unspecified atom stereocenters. The molecule has 1 fully saturated rings. The molecule has 4 nitrogen and oxygen atoms in total. The number of rotatable bonds is 4. The number of thiazole rings is 1. The van der Waals surface area contributed by atoms with E-state index in [0.29, 0.717) is 25.3 Å². The minimum atomic E-state index is 0.00384. The van der Waals surface area contributed by atoms with Crippen molar-refractivity contribution in [3.05, 3.63) is 76.3 Å². The van der Waals surface area contributed by atoms with E-state index >= 15 is 0 Å².